The lowest BCUT2D eigenvalue weighted by Crippen LogP contribution is -2.51. The van der Waals surface area contributed by atoms with Crippen LogP contribution < -0.4 is 4.90 Å². The highest BCUT2D eigenvalue weighted by Crippen LogP contribution is 2.29. The van der Waals surface area contributed by atoms with Gasteiger partial charge in [-0.25, -0.2) is 8.78 Å². The van der Waals surface area contributed by atoms with Crippen LogP contribution in [0.5, 0.6) is 0 Å². The van der Waals surface area contributed by atoms with Gasteiger partial charge in [-0.3, -0.25) is 14.5 Å². The number of hydrogen-bond acceptors (Lipinski definition) is 3. The van der Waals surface area contributed by atoms with Crippen molar-refractivity contribution in [2.75, 3.05) is 44.2 Å². The van der Waals surface area contributed by atoms with E-state index in [1.54, 1.807) is 14.7 Å². The summed E-state index contributed by atoms with van der Waals surface area (Å²) in [6.45, 7) is 3.85. The zero-order chi connectivity index (χ0) is 18.8. The summed E-state index contributed by atoms with van der Waals surface area (Å²) in [6, 6.07) is 5.69. The van der Waals surface area contributed by atoms with Crippen molar-refractivity contribution < 1.29 is 18.4 Å². The van der Waals surface area contributed by atoms with Gasteiger partial charge in [-0.15, -0.1) is 0 Å². The molecule has 2 aliphatic heterocycles. The number of halogens is 3. The minimum absolute atomic E-state index is 0.0496. The first-order valence-corrected chi connectivity index (χ1v) is 9.50. The molecule has 2 saturated heterocycles. The Labute approximate surface area is 160 Å². The predicted molar refractivity (Wildman–Crippen MR) is 98.4 cm³/mol. The van der Waals surface area contributed by atoms with Crippen molar-refractivity contribution in [2.24, 2.45) is 5.92 Å². The van der Waals surface area contributed by atoms with Gasteiger partial charge < -0.3 is 9.80 Å². The second-order valence-corrected chi connectivity index (χ2v) is 7.71. The quantitative estimate of drug-likeness (QED) is 0.738. The standard InChI is InChI=1S/C18H22BrF2N3O2/c1-12-8-14(2-3-15(12)19)24-10-13(9-17(24)25)18(26)23-6-4-22(5-7-23)11-16(20)21/h2-3,8,13,16H,4-7,9-11H2,1H3. The number of aryl methyl sites for hydroxylation is 1. The van der Waals surface area contributed by atoms with E-state index < -0.39 is 6.43 Å². The van der Waals surface area contributed by atoms with E-state index in [0.717, 1.165) is 15.7 Å². The number of carbonyl (C=O) groups is 2. The number of rotatable bonds is 4. The normalized spacial score (nSPS) is 21.7. The van der Waals surface area contributed by atoms with Crippen LogP contribution >= 0.6 is 15.9 Å². The first-order valence-electron chi connectivity index (χ1n) is 8.71. The Bertz CT molecular complexity index is 693. The summed E-state index contributed by atoms with van der Waals surface area (Å²) in [5, 5.41) is 0. The third-order valence-corrected chi connectivity index (χ3v) is 5.90. The molecule has 1 aromatic carbocycles. The number of alkyl halides is 2. The fourth-order valence-corrected chi connectivity index (χ4v) is 3.77. The van der Waals surface area contributed by atoms with Gasteiger partial charge in [-0.2, -0.15) is 0 Å². The van der Waals surface area contributed by atoms with Crippen LogP contribution in [0.15, 0.2) is 22.7 Å². The highest BCUT2D eigenvalue weighted by molar-refractivity contribution is 9.10. The monoisotopic (exact) mass is 429 g/mol. The van der Waals surface area contributed by atoms with Crippen molar-refractivity contribution in [1.29, 1.82) is 0 Å². The second-order valence-electron chi connectivity index (χ2n) is 6.86. The average Bonchev–Trinajstić information content (AvgIpc) is 2.99. The maximum atomic E-state index is 12.7. The van der Waals surface area contributed by atoms with Gasteiger partial charge in [0.2, 0.25) is 11.8 Å². The average molecular weight is 430 g/mol. The van der Waals surface area contributed by atoms with Crippen molar-refractivity contribution in [3.63, 3.8) is 0 Å². The lowest BCUT2D eigenvalue weighted by atomic mass is 10.1. The van der Waals surface area contributed by atoms with Crippen LogP contribution in [0.4, 0.5) is 14.5 Å². The highest BCUT2D eigenvalue weighted by atomic mass is 79.9. The molecule has 1 aromatic rings. The maximum absolute atomic E-state index is 12.7. The van der Waals surface area contributed by atoms with Crippen LogP contribution in [0.2, 0.25) is 0 Å². The zero-order valence-electron chi connectivity index (χ0n) is 14.6. The van der Waals surface area contributed by atoms with Gasteiger partial charge in [-0.1, -0.05) is 15.9 Å². The van der Waals surface area contributed by atoms with Crippen molar-refractivity contribution in [2.45, 2.75) is 19.8 Å². The van der Waals surface area contributed by atoms with Crippen LogP contribution in [0, 0.1) is 12.8 Å². The molecular weight excluding hydrogens is 408 g/mol. The molecule has 2 fully saturated rings. The lowest BCUT2D eigenvalue weighted by molar-refractivity contribution is -0.137. The van der Waals surface area contributed by atoms with E-state index in [0.29, 0.717) is 32.7 Å². The van der Waals surface area contributed by atoms with Gasteiger partial charge in [0.1, 0.15) is 0 Å². The fourth-order valence-electron chi connectivity index (χ4n) is 3.52. The molecule has 0 bridgehead atoms. The smallest absolute Gasteiger partial charge is 0.251 e. The van der Waals surface area contributed by atoms with Crippen LogP contribution in [0.25, 0.3) is 0 Å². The number of piperazine rings is 1. The molecule has 3 rings (SSSR count). The summed E-state index contributed by atoms with van der Waals surface area (Å²) in [4.78, 5) is 30.2. The molecule has 2 amide bonds. The summed E-state index contributed by atoms with van der Waals surface area (Å²) in [6.07, 6.45) is -2.15. The Morgan fingerprint density at radius 2 is 1.96 bits per heavy atom. The number of benzene rings is 1. The molecular formula is C18H22BrF2N3O2. The second kappa shape index (κ2) is 8.00. The van der Waals surface area contributed by atoms with E-state index in [-0.39, 0.29) is 30.7 Å². The van der Waals surface area contributed by atoms with Crippen LogP contribution in [0.1, 0.15) is 12.0 Å². The Hall–Kier alpha value is -1.54. The van der Waals surface area contributed by atoms with E-state index >= 15 is 0 Å². The lowest BCUT2D eigenvalue weighted by Gasteiger charge is -2.35. The minimum atomic E-state index is -2.35. The van der Waals surface area contributed by atoms with Gasteiger partial charge in [0.15, 0.2) is 0 Å². The fraction of sp³-hybridized carbons (Fsp3) is 0.556. The molecule has 2 heterocycles. The molecule has 142 valence electrons. The zero-order valence-corrected chi connectivity index (χ0v) is 16.2. The summed E-state index contributed by atoms with van der Waals surface area (Å²) in [5.74, 6) is -0.471. The van der Waals surface area contributed by atoms with Gasteiger partial charge in [0, 0.05) is 49.3 Å². The number of carbonyl (C=O) groups excluding carboxylic acids is 2. The van der Waals surface area contributed by atoms with Crippen molar-refractivity contribution in [1.82, 2.24) is 9.80 Å². The topological polar surface area (TPSA) is 43.9 Å². The van der Waals surface area contributed by atoms with Crippen LogP contribution in [0.3, 0.4) is 0 Å². The first-order chi connectivity index (χ1) is 12.3. The largest absolute Gasteiger partial charge is 0.340 e. The highest BCUT2D eigenvalue weighted by Gasteiger charge is 2.38. The minimum Gasteiger partial charge on any atom is -0.340 e. The van der Waals surface area contributed by atoms with Crippen LogP contribution in [-0.4, -0.2) is 67.3 Å². The van der Waals surface area contributed by atoms with Gasteiger partial charge in [0.05, 0.1) is 12.5 Å². The van der Waals surface area contributed by atoms with Crippen LogP contribution in [-0.2, 0) is 9.59 Å². The molecule has 8 heteroatoms. The first kappa shape index (κ1) is 19.2. The van der Waals surface area contributed by atoms with Crippen molar-refractivity contribution in [3.05, 3.63) is 28.2 Å². The van der Waals surface area contributed by atoms with E-state index in [9.17, 15) is 18.4 Å². The molecule has 5 nitrogen and oxygen atoms in total. The molecule has 1 unspecified atom stereocenters. The molecule has 0 aliphatic carbocycles. The van der Waals surface area contributed by atoms with Gasteiger partial charge in [-0.05, 0) is 30.7 Å². The van der Waals surface area contributed by atoms with E-state index in [2.05, 4.69) is 15.9 Å². The summed E-state index contributed by atoms with van der Waals surface area (Å²) in [5.41, 5.74) is 1.83. The summed E-state index contributed by atoms with van der Waals surface area (Å²) >= 11 is 3.44. The molecule has 26 heavy (non-hydrogen) atoms. The number of nitrogens with zero attached hydrogens (tertiary/aromatic N) is 3. The van der Waals surface area contributed by atoms with Crippen molar-refractivity contribution in [3.8, 4) is 0 Å². The number of hydrogen-bond donors (Lipinski definition) is 0. The molecule has 0 radical (unpaired) electrons. The third kappa shape index (κ3) is 4.23. The molecule has 1 atom stereocenters. The van der Waals surface area contributed by atoms with E-state index in [1.165, 1.54) is 0 Å². The number of amides is 2. The predicted octanol–water partition coefficient (Wildman–Crippen LogP) is 2.52. The molecule has 0 N–H and O–H groups in total. The Balaban J connectivity index is 1.60. The van der Waals surface area contributed by atoms with Gasteiger partial charge in [0.25, 0.3) is 6.43 Å². The van der Waals surface area contributed by atoms with Gasteiger partial charge >= 0.3 is 0 Å². The van der Waals surface area contributed by atoms with E-state index in [4.69, 9.17) is 0 Å². The number of anilines is 1. The summed E-state index contributed by atoms with van der Waals surface area (Å²) < 4.78 is 25.9. The third-order valence-electron chi connectivity index (χ3n) is 5.01. The SMILES string of the molecule is Cc1cc(N2CC(C(=O)N3CCN(CC(F)F)CC3)CC2=O)ccc1Br. The molecule has 0 aromatic heterocycles. The Morgan fingerprint density at radius 1 is 1.27 bits per heavy atom. The molecule has 2 aliphatic rings. The molecule has 0 spiro atoms. The van der Waals surface area contributed by atoms with E-state index in [1.807, 2.05) is 25.1 Å². The maximum Gasteiger partial charge on any atom is 0.251 e. The molecule has 0 saturated carbocycles. The Morgan fingerprint density at radius 3 is 2.58 bits per heavy atom. The van der Waals surface area contributed by atoms with Crippen molar-refractivity contribution >= 4 is 33.4 Å². The summed E-state index contributed by atoms with van der Waals surface area (Å²) in [7, 11) is 0. The Kier molecular flexibility index (Phi) is 5.92.